The second-order valence-corrected chi connectivity index (χ2v) is 4.53. The summed E-state index contributed by atoms with van der Waals surface area (Å²) in [6.45, 7) is 3.72. The topological polar surface area (TPSA) is 58.6 Å². The van der Waals surface area contributed by atoms with Gasteiger partial charge in [-0.3, -0.25) is 9.69 Å². The number of amides is 1. The van der Waals surface area contributed by atoms with Gasteiger partial charge in [0.25, 0.3) is 0 Å². The van der Waals surface area contributed by atoms with Gasteiger partial charge in [-0.15, -0.1) is 0 Å². The zero-order valence-electron chi connectivity index (χ0n) is 12.3. The van der Waals surface area contributed by atoms with Gasteiger partial charge in [-0.1, -0.05) is 25.1 Å². The molecule has 0 aliphatic carbocycles. The lowest BCUT2D eigenvalue weighted by Crippen LogP contribution is -2.36. The first-order chi connectivity index (χ1) is 9.62. The van der Waals surface area contributed by atoms with E-state index in [0.29, 0.717) is 18.7 Å². The average Bonchev–Trinajstić information content (AvgIpc) is 2.47. The van der Waals surface area contributed by atoms with Crippen LogP contribution in [0, 0.1) is 0 Å². The second kappa shape index (κ2) is 8.32. The van der Waals surface area contributed by atoms with Crippen molar-refractivity contribution in [3.63, 3.8) is 0 Å². The Labute approximate surface area is 119 Å². The molecule has 1 amide bonds. The first kappa shape index (κ1) is 16.2. The van der Waals surface area contributed by atoms with Crippen molar-refractivity contribution in [3.05, 3.63) is 35.4 Å². The molecule has 0 aliphatic rings. The molecule has 0 saturated heterocycles. The molecule has 1 N–H and O–H groups in total. The van der Waals surface area contributed by atoms with Crippen molar-refractivity contribution in [3.8, 4) is 0 Å². The number of hydrogen-bond donors (Lipinski definition) is 1. The minimum Gasteiger partial charge on any atom is -0.465 e. The Morgan fingerprint density at radius 2 is 2.00 bits per heavy atom. The molecule has 0 atom stereocenters. The first-order valence-electron chi connectivity index (χ1n) is 6.71. The smallest absolute Gasteiger partial charge is 0.338 e. The van der Waals surface area contributed by atoms with Gasteiger partial charge in [0.1, 0.15) is 0 Å². The van der Waals surface area contributed by atoms with E-state index in [9.17, 15) is 9.59 Å². The van der Waals surface area contributed by atoms with Crippen molar-refractivity contribution in [2.24, 2.45) is 0 Å². The van der Waals surface area contributed by atoms with Crippen LogP contribution in [0.4, 0.5) is 0 Å². The van der Waals surface area contributed by atoms with Crippen LogP contribution in [0.1, 0.15) is 29.3 Å². The molecule has 0 aliphatic heterocycles. The second-order valence-electron chi connectivity index (χ2n) is 4.53. The van der Waals surface area contributed by atoms with E-state index in [1.165, 1.54) is 7.11 Å². The molecule has 20 heavy (non-hydrogen) atoms. The minimum absolute atomic E-state index is 0.0333. The van der Waals surface area contributed by atoms with E-state index in [1.807, 2.05) is 17.0 Å². The molecule has 0 unspecified atom stereocenters. The van der Waals surface area contributed by atoms with Crippen molar-refractivity contribution < 1.29 is 14.3 Å². The van der Waals surface area contributed by atoms with Crippen LogP contribution in [0.5, 0.6) is 0 Å². The number of esters is 1. The zero-order valence-corrected chi connectivity index (χ0v) is 12.3. The third-order valence-electron chi connectivity index (χ3n) is 3.00. The Balaban J connectivity index is 2.87. The Kier molecular flexibility index (Phi) is 6.73. The lowest BCUT2D eigenvalue weighted by molar-refractivity contribution is -0.121. The predicted molar refractivity (Wildman–Crippen MR) is 77.4 cm³/mol. The molecule has 0 aromatic heterocycles. The number of nitrogens with one attached hydrogen (secondary N) is 1. The van der Waals surface area contributed by atoms with Gasteiger partial charge in [0.2, 0.25) is 5.91 Å². The number of carbonyl (C=O) groups is 2. The molecule has 1 aromatic rings. The summed E-state index contributed by atoms with van der Waals surface area (Å²) < 4.78 is 4.78. The summed E-state index contributed by atoms with van der Waals surface area (Å²) >= 11 is 0. The van der Waals surface area contributed by atoms with E-state index in [1.54, 1.807) is 19.2 Å². The van der Waals surface area contributed by atoms with E-state index in [4.69, 9.17) is 4.74 Å². The number of likely N-dealkylation sites (N-methyl/N-ethyl adjacent to an activating group) is 1. The third-order valence-corrected chi connectivity index (χ3v) is 3.00. The molecule has 0 radical (unpaired) electrons. The van der Waals surface area contributed by atoms with Gasteiger partial charge in [0, 0.05) is 13.6 Å². The van der Waals surface area contributed by atoms with Crippen molar-refractivity contribution in [1.29, 1.82) is 0 Å². The molecule has 0 spiro atoms. The summed E-state index contributed by atoms with van der Waals surface area (Å²) in [5.41, 5.74) is 1.42. The highest BCUT2D eigenvalue weighted by atomic mass is 16.5. The number of methoxy groups -OCH3 is 1. The van der Waals surface area contributed by atoms with Crippen LogP contribution in [0.15, 0.2) is 24.3 Å². The number of benzene rings is 1. The summed E-state index contributed by atoms with van der Waals surface area (Å²) in [4.78, 5) is 25.3. The lowest BCUT2D eigenvalue weighted by Gasteiger charge is -2.21. The van der Waals surface area contributed by atoms with Gasteiger partial charge in [0.05, 0.1) is 19.2 Å². The summed E-state index contributed by atoms with van der Waals surface area (Å²) in [6, 6.07) is 7.31. The number of carbonyl (C=O) groups excluding carboxylic acids is 2. The summed E-state index contributed by atoms with van der Waals surface area (Å²) in [7, 11) is 2.99. The molecule has 1 aromatic carbocycles. The van der Waals surface area contributed by atoms with Gasteiger partial charge >= 0.3 is 5.97 Å². The standard InChI is InChI=1S/C15H22N2O3/c1-4-9-17(11-14(18)16-2)10-12-7-5-6-8-13(12)15(19)20-3/h5-8H,4,9-11H2,1-3H3,(H,16,18). The molecule has 0 bridgehead atoms. The van der Waals surface area contributed by atoms with E-state index in [2.05, 4.69) is 12.2 Å². The average molecular weight is 278 g/mol. The number of ether oxygens (including phenoxy) is 1. The van der Waals surface area contributed by atoms with E-state index in [-0.39, 0.29) is 11.9 Å². The Hall–Kier alpha value is -1.88. The Morgan fingerprint density at radius 1 is 1.30 bits per heavy atom. The third kappa shape index (κ3) is 4.66. The van der Waals surface area contributed by atoms with Crippen molar-refractivity contribution in [2.75, 3.05) is 27.2 Å². The van der Waals surface area contributed by atoms with Gasteiger partial charge < -0.3 is 10.1 Å². The van der Waals surface area contributed by atoms with Crippen LogP contribution < -0.4 is 5.32 Å². The number of nitrogens with zero attached hydrogens (tertiary/aromatic N) is 1. The highest BCUT2D eigenvalue weighted by Crippen LogP contribution is 2.13. The molecule has 0 fully saturated rings. The van der Waals surface area contributed by atoms with Crippen LogP contribution in [0.2, 0.25) is 0 Å². The molecule has 5 nitrogen and oxygen atoms in total. The van der Waals surface area contributed by atoms with E-state index in [0.717, 1.165) is 18.5 Å². The quantitative estimate of drug-likeness (QED) is 0.767. The molecule has 5 heteroatoms. The van der Waals surface area contributed by atoms with E-state index >= 15 is 0 Å². The Bertz CT molecular complexity index is 460. The van der Waals surface area contributed by atoms with Crippen molar-refractivity contribution in [1.82, 2.24) is 10.2 Å². The fraction of sp³-hybridized carbons (Fsp3) is 0.467. The SMILES string of the molecule is CCCN(CC(=O)NC)Cc1ccccc1C(=O)OC. The first-order valence-corrected chi connectivity index (χ1v) is 6.71. The maximum Gasteiger partial charge on any atom is 0.338 e. The van der Waals surface area contributed by atoms with Gasteiger partial charge in [0.15, 0.2) is 0 Å². The van der Waals surface area contributed by atoms with E-state index < -0.39 is 0 Å². The highest BCUT2D eigenvalue weighted by Gasteiger charge is 2.15. The Morgan fingerprint density at radius 3 is 2.60 bits per heavy atom. The van der Waals surface area contributed by atoms with Crippen LogP contribution in [0.25, 0.3) is 0 Å². The highest BCUT2D eigenvalue weighted by molar-refractivity contribution is 5.91. The number of hydrogen-bond acceptors (Lipinski definition) is 4. The normalized spacial score (nSPS) is 10.4. The largest absolute Gasteiger partial charge is 0.465 e. The van der Waals surface area contributed by atoms with Crippen LogP contribution in [-0.2, 0) is 16.1 Å². The maximum absolute atomic E-state index is 11.7. The molecule has 110 valence electrons. The monoisotopic (exact) mass is 278 g/mol. The molecule has 1 rings (SSSR count). The fourth-order valence-corrected chi connectivity index (χ4v) is 2.02. The van der Waals surface area contributed by atoms with Crippen LogP contribution in [-0.4, -0.2) is 44.0 Å². The molecule has 0 saturated carbocycles. The zero-order chi connectivity index (χ0) is 15.0. The minimum atomic E-state index is -0.350. The van der Waals surface area contributed by atoms with Crippen molar-refractivity contribution >= 4 is 11.9 Å². The summed E-state index contributed by atoms with van der Waals surface area (Å²) in [5, 5.41) is 2.62. The van der Waals surface area contributed by atoms with Crippen LogP contribution in [0.3, 0.4) is 0 Å². The van der Waals surface area contributed by atoms with Gasteiger partial charge in [-0.05, 0) is 24.6 Å². The summed E-state index contributed by atoms with van der Waals surface area (Å²) in [6.07, 6.45) is 0.942. The molecule has 0 heterocycles. The number of rotatable bonds is 7. The lowest BCUT2D eigenvalue weighted by atomic mass is 10.1. The van der Waals surface area contributed by atoms with Gasteiger partial charge in [-0.25, -0.2) is 4.79 Å². The summed E-state index contributed by atoms with van der Waals surface area (Å²) in [5.74, 6) is -0.383. The maximum atomic E-state index is 11.7. The van der Waals surface area contributed by atoms with Crippen LogP contribution >= 0.6 is 0 Å². The fourth-order valence-electron chi connectivity index (χ4n) is 2.02. The molecular formula is C15H22N2O3. The van der Waals surface area contributed by atoms with Gasteiger partial charge in [-0.2, -0.15) is 0 Å². The van der Waals surface area contributed by atoms with Crippen molar-refractivity contribution in [2.45, 2.75) is 19.9 Å². The molecular weight excluding hydrogens is 256 g/mol. The predicted octanol–water partition coefficient (Wildman–Crippen LogP) is 1.43.